The lowest BCUT2D eigenvalue weighted by molar-refractivity contribution is -0.133. The Morgan fingerprint density at radius 1 is 1.00 bits per heavy atom. The Kier molecular flexibility index (Phi) is 11.6. The Morgan fingerprint density at radius 3 is 2.30 bits per heavy atom. The van der Waals surface area contributed by atoms with Gasteiger partial charge in [-0.15, -0.1) is 0 Å². The molecule has 240 valence electrons. The summed E-state index contributed by atoms with van der Waals surface area (Å²) in [5, 5.41) is 12.1. The van der Waals surface area contributed by atoms with Crippen molar-refractivity contribution in [2.75, 3.05) is 46.6 Å². The van der Waals surface area contributed by atoms with E-state index in [9.17, 15) is 19.2 Å². The van der Waals surface area contributed by atoms with Crippen LogP contribution in [-0.4, -0.2) is 104 Å². The second-order valence-electron chi connectivity index (χ2n) is 11.9. The van der Waals surface area contributed by atoms with Gasteiger partial charge in [-0.1, -0.05) is 49.3 Å². The Balaban J connectivity index is 1.45. The van der Waals surface area contributed by atoms with Crippen molar-refractivity contribution < 1.29 is 37.9 Å². The van der Waals surface area contributed by atoms with E-state index in [1.54, 1.807) is 6.92 Å². The van der Waals surface area contributed by atoms with Crippen LogP contribution in [0.3, 0.4) is 0 Å². The summed E-state index contributed by atoms with van der Waals surface area (Å²) in [7, 11) is 1.40. The molecular formula is C31H43N5O8. The van der Waals surface area contributed by atoms with Gasteiger partial charge in [0, 0.05) is 32.7 Å². The zero-order chi connectivity index (χ0) is 31.7. The lowest BCUT2D eigenvalue weighted by atomic mass is 9.93. The fraction of sp³-hybridized carbons (Fsp3) is 0.581. The predicted molar refractivity (Wildman–Crippen MR) is 159 cm³/mol. The van der Waals surface area contributed by atoms with Crippen LogP contribution in [0.15, 0.2) is 40.9 Å². The van der Waals surface area contributed by atoms with Gasteiger partial charge in [0.05, 0.1) is 39.0 Å². The van der Waals surface area contributed by atoms with E-state index in [0.717, 1.165) is 18.7 Å². The number of rotatable bonds is 16. The number of morpholine rings is 1. The number of carbonyl (C=O) groups excluding carboxylic acids is 4. The number of Topliss-reactive ketones (excluding diaryl/α,β-unsaturated/α-hetero) is 1. The molecule has 3 amide bonds. The van der Waals surface area contributed by atoms with Crippen molar-refractivity contribution in [3.05, 3.63) is 53.4 Å². The minimum atomic E-state index is -1.13. The second-order valence-corrected chi connectivity index (χ2v) is 11.9. The molecule has 3 heterocycles. The van der Waals surface area contributed by atoms with Crippen LogP contribution < -0.4 is 16.0 Å². The monoisotopic (exact) mass is 613 g/mol. The van der Waals surface area contributed by atoms with E-state index in [-0.39, 0.29) is 30.4 Å². The number of ketones is 1. The molecule has 1 aromatic carbocycles. The first-order chi connectivity index (χ1) is 21.1. The van der Waals surface area contributed by atoms with E-state index in [1.807, 2.05) is 44.2 Å². The van der Waals surface area contributed by atoms with Gasteiger partial charge in [-0.25, -0.2) is 0 Å². The lowest BCUT2D eigenvalue weighted by Gasteiger charge is -2.26. The molecule has 0 radical (unpaired) electrons. The predicted octanol–water partition coefficient (Wildman–Crippen LogP) is 0.868. The van der Waals surface area contributed by atoms with Crippen LogP contribution in [0.2, 0.25) is 0 Å². The minimum absolute atomic E-state index is 0.0200. The maximum Gasteiger partial charge on any atom is 0.274 e. The second kappa shape index (κ2) is 15.4. The van der Waals surface area contributed by atoms with Gasteiger partial charge in [-0.3, -0.25) is 24.1 Å². The first-order valence-corrected chi connectivity index (χ1v) is 15.0. The minimum Gasteiger partial charge on any atom is -0.382 e. The SMILES string of the molecule is COCC(NC(=O)c1cc(CN2CCOCC2)on1)C(=O)NC(Cc1ccccc1)C(=O)NC(CC(C)C)C(=O)C1(C)CO1. The molecule has 0 aliphatic carbocycles. The van der Waals surface area contributed by atoms with Gasteiger partial charge in [0.1, 0.15) is 17.7 Å². The van der Waals surface area contributed by atoms with Crippen LogP contribution in [0, 0.1) is 5.92 Å². The highest BCUT2D eigenvalue weighted by Gasteiger charge is 2.50. The highest BCUT2D eigenvalue weighted by molar-refractivity contribution is 5.99. The number of nitrogens with zero attached hydrogens (tertiary/aromatic N) is 2. The van der Waals surface area contributed by atoms with Crippen molar-refractivity contribution in [1.29, 1.82) is 0 Å². The summed E-state index contributed by atoms with van der Waals surface area (Å²) in [6, 6.07) is 7.79. The molecular weight excluding hydrogens is 570 g/mol. The van der Waals surface area contributed by atoms with Crippen LogP contribution >= 0.6 is 0 Å². The molecule has 3 N–H and O–H groups in total. The third-order valence-electron chi connectivity index (χ3n) is 7.58. The Labute approximate surface area is 257 Å². The third-order valence-corrected chi connectivity index (χ3v) is 7.58. The van der Waals surface area contributed by atoms with Crippen molar-refractivity contribution in [2.24, 2.45) is 5.92 Å². The Morgan fingerprint density at radius 2 is 1.66 bits per heavy atom. The summed E-state index contributed by atoms with van der Waals surface area (Å²) in [5.74, 6) is -1.32. The highest BCUT2D eigenvalue weighted by atomic mass is 16.6. The Bertz CT molecular complexity index is 1270. The number of methoxy groups -OCH3 is 1. The molecule has 2 aliphatic heterocycles. The number of hydrogen-bond donors (Lipinski definition) is 3. The first-order valence-electron chi connectivity index (χ1n) is 15.0. The van der Waals surface area contributed by atoms with Gasteiger partial charge in [0.25, 0.3) is 5.91 Å². The number of aromatic nitrogens is 1. The Hall–Kier alpha value is -3.65. The molecule has 4 unspecified atom stereocenters. The van der Waals surface area contributed by atoms with Crippen LogP contribution in [0.4, 0.5) is 0 Å². The molecule has 44 heavy (non-hydrogen) atoms. The standard InChI is InChI=1S/C31H43N5O8/c1-20(2)14-23(27(37)31(3)19-43-31)32-28(38)24(15-21-8-6-5-7-9-21)33-30(40)26(18-41-4)34-29(39)25-16-22(44-35-25)17-36-10-12-42-13-11-36/h5-9,16,20,23-24,26H,10-15,17-19H2,1-4H3,(H,32,38)(H,33,40)(H,34,39). The summed E-state index contributed by atoms with van der Waals surface area (Å²) in [6.45, 7) is 9.00. The van der Waals surface area contributed by atoms with Crippen molar-refractivity contribution in [3.63, 3.8) is 0 Å². The fourth-order valence-corrected chi connectivity index (χ4v) is 4.98. The molecule has 1 aromatic heterocycles. The average molecular weight is 614 g/mol. The number of benzene rings is 1. The van der Waals surface area contributed by atoms with Crippen LogP contribution in [0.5, 0.6) is 0 Å². The van der Waals surface area contributed by atoms with E-state index in [1.165, 1.54) is 13.2 Å². The largest absolute Gasteiger partial charge is 0.382 e. The normalized spacial score (nSPS) is 20.4. The van der Waals surface area contributed by atoms with Crippen molar-refractivity contribution in [3.8, 4) is 0 Å². The summed E-state index contributed by atoms with van der Waals surface area (Å²) < 4.78 is 21.3. The summed E-state index contributed by atoms with van der Waals surface area (Å²) in [4.78, 5) is 55.5. The number of hydrogen-bond acceptors (Lipinski definition) is 10. The molecule has 4 atom stereocenters. The summed E-state index contributed by atoms with van der Waals surface area (Å²) in [5.41, 5.74) is -0.0892. The number of epoxide rings is 1. The van der Waals surface area contributed by atoms with Crippen LogP contribution in [0.25, 0.3) is 0 Å². The topological polar surface area (TPSA) is 165 Å². The molecule has 4 rings (SSSR count). The fourth-order valence-electron chi connectivity index (χ4n) is 4.98. The van der Waals surface area contributed by atoms with Gasteiger partial charge in [0.2, 0.25) is 11.8 Å². The number of carbonyl (C=O) groups is 4. The molecule has 0 bridgehead atoms. The highest BCUT2D eigenvalue weighted by Crippen LogP contribution is 2.29. The number of amides is 3. The molecule has 2 saturated heterocycles. The molecule has 2 aromatic rings. The van der Waals surface area contributed by atoms with Crippen molar-refractivity contribution in [1.82, 2.24) is 26.0 Å². The summed E-state index contributed by atoms with van der Waals surface area (Å²) in [6.07, 6.45) is 0.583. The van der Waals surface area contributed by atoms with Gasteiger partial charge < -0.3 is 34.7 Å². The average Bonchev–Trinajstić information content (AvgIpc) is 3.59. The molecule has 2 fully saturated rings. The quantitative estimate of drug-likeness (QED) is 0.231. The summed E-state index contributed by atoms with van der Waals surface area (Å²) >= 11 is 0. The van der Waals surface area contributed by atoms with Gasteiger partial charge in [0.15, 0.2) is 17.2 Å². The number of ether oxygens (including phenoxy) is 3. The van der Waals surface area contributed by atoms with Gasteiger partial charge in [-0.2, -0.15) is 0 Å². The maximum atomic E-state index is 13.6. The third kappa shape index (κ3) is 9.42. The lowest BCUT2D eigenvalue weighted by Crippen LogP contribution is -2.58. The maximum absolute atomic E-state index is 13.6. The smallest absolute Gasteiger partial charge is 0.274 e. The molecule has 0 saturated carbocycles. The molecule has 2 aliphatic rings. The zero-order valence-corrected chi connectivity index (χ0v) is 25.8. The number of nitrogens with one attached hydrogen (secondary N) is 3. The van der Waals surface area contributed by atoms with E-state index in [2.05, 4.69) is 26.0 Å². The zero-order valence-electron chi connectivity index (χ0n) is 25.8. The molecule has 13 heteroatoms. The van der Waals surface area contributed by atoms with Gasteiger partial charge in [-0.05, 0) is 24.8 Å². The van der Waals surface area contributed by atoms with Crippen molar-refractivity contribution >= 4 is 23.5 Å². The van der Waals surface area contributed by atoms with E-state index < -0.39 is 41.4 Å². The van der Waals surface area contributed by atoms with Gasteiger partial charge >= 0.3 is 0 Å². The molecule has 0 spiro atoms. The van der Waals surface area contributed by atoms with E-state index in [0.29, 0.717) is 38.5 Å². The van der Waals surface area contributed by atoms with E-state index >= 15 is 0 Å². The van der Waals surface area contributed by atoms with E-state index in [4.69, 9.17) is 18.7 Å². The van der Waals surface area contributed by atoms with Crippen LogP contribution in [-0.2, 0) is 41.6 Å². The molecule has 13 nitrogen and oxygen atoms in total. The van der Waals surface area contributed by atoms with Crippen LogP contribution in [0.1, 0.15) is 49.0 Å². The first kappa shape index (κ1) is 33.2. The van der Waals surface area contributed by atoms with Crippen molar-refractivity contribution in [2.45, 2.75) is 63.9 Å².